The second-order valence-corrected chi connectivity index (χ2v) is 4.77. The fourth-order valence-corrected chi connectivity index (χ4v) is 2.00. The maximum absolute atomic E-state index is 11.8. The summed E-state index contributed by atoms with van der Waals surface area (Å²) in [6, 6.07) is 6.88. The largest absolute Gasteiger partial charge is 0.497 e. The monoisotopic (exact) mass is 267 g/mol. The number of methoxy groups -OCH3 is 1. The van der Waals surface area contributed by atoms with Crippen LogP contribution in [0.15, 0.2) is 24.3 Å². The lowest BCUT2D eigenvalue weighted by Crippen LogP contribution is -2.11. The lowest BCUT2D eigenvalue weighted by Gasteiger charge is -2.03. The zero-order valence-electron chi connectivity index (χ0n) is 8.89. The highest BCUT2D eigenvalue weighted by atomic mass is 32.1. The quantitative estimate of drug-likeness (QED) is 0.838. The molecule has 1 aromatic carbocycles. The van der Waals surface area contributed by atoms with E-state index in [0.29, 0.717) is 20.4 Å². The van der Waals surface area contributed by atoms with Gasteiger partial charge in [-0.25, -0.2) is 0 Å². The highest BCUT2D eigenvalue weighted by Crippen LogP contribution is 2.16. The summed E-state index contributed by atoms with van der Waals surface area (Å²) in [6.07, 6.45) is 0. The van der Waals surface area contributed by atoms with Gasteiger partial charge in [0.2, 0.25) is 5.13 Å². The van der Waals surface area contributed by atoms with Crippen LogP contribution in [0, 0.1) is 3.95 Å². The molecule has 0 radical (unpaired) electrons. The van der Waals surface area contributed by atoms with Crippen LogP contribution in [0.4, 0.5) is 5.13 Å². The summed E-state index contributed by atoms with van der Waals surface area (Å²) in [4.78, 5) is 11.8. The number of hydrogen-bond acceptors (Lipinski definition) is 5. The van der Waals surface area contributed by atoms with Crippen LogP contribution in [0.2, 0.25) is 0 Å². The van der Waals surface area contributed by atoms with Crippen molar-refractivity contribution >= 4 is 34.6 Å². The lowest BCUT2D eigenvalue weighted by molar-refractivity contribution is 0.102. The maximum atomic E-state index is 11.8. The summed E-state index contributed by atoms with van der Waals surface area (Å²) in [7, 11) is 1.55. The minimum absolute atomic E-state index is 0.248. The molecule has 2 rings (SSSR count). The molecule has 0 bridgehead atoms. The summed E-state index contributed by atoms with van der Waals surface area (Å²) in [5, 5.41) is 9.53. The van der Waals surface area contributed by atoms with E-state index in [-0.39, 0.29) is 5.91 Å². The van der Waals surface area contributed by atoms with Crippen molar-refractivity contribution in [3.05, 3.63) is 33.8 Å². The number of H-pyrrole nitrogens is 1. The van der Waals surface area contributed by atoms with Crippen LogP contribution in [-0.2, 0) is 0 Å². The molecule has 0 fully saturated rings. The number of nitrogens with one attached hydrogen (secondary N) is 2. The average molecular weight is 267 g/mol. The summed E-state index contributed by atoms with van der Waals surface area (Å²) in [5.74, 6) is 0.383. The smallest absolute Gasteiger partial charge is 0.257 e. The number of carbonyl (C=O) groups excluding carboxylic acids is 1. The predicted octanol–water partition coefficient (Wildman–Crippen LogP) is 2.46. The molecule has 0 unspecified atom stereocenters. The minimum Gasteiger partial charge on any atom is -0.497 e. The molecule has 0 aliphatic rings. The summed E-state index contributed by atoms with van der Waals surface area (Å²) < 4.78 is 5.56. The molecule has 0 atom stereocenters. The van der Waals surface area contributed by atoms with Crippen molar-refractivity contribution < 1.29 is 9.53 Å². The number of aromatic nitrogens is 2. The molecule has 88 valence electrons. The Labute approximate surface area is 106 Å². The van der Waals surface area contributed by atoms with Crippen molar-refractivity contribution in [3.63, 3.8) is 0 Å². The van der Waals surface area contributed by atoms with Gasteiger partial charge in [0.15, 0.2) is 3.95 Å². The van der Waals surface area contributed by atoms with Crippen LogP contribution in [0.3, 0.4) is 0 Å². The molecule has 1 aromatic heterocycles. The number of ether oxygens (including phenoxy) is 1. The van der Waals surface area contributed by atoms with Crippen LogP contribution in [-0.4, -0.2) is 23.2 Å². The Hall–Kier alpha value is -1.73. The van der Waals surface area contributed by atoms with Crippen molar-refractivity contribution in [1.82, 2.24) is 10.2 Å². The van der Waals surface area contributed by atoms with Gasteiger partial charge in [-0.3, -0.25) is 15.2 Å². The Morgan fingerprint density at radius 1 is 1.59 bits per heavy atom. The third-order valence-corrected chi connectivity index (χ3v) is 3.00. The van der Waals surface area contributed by atoms with Gasteiger partial charge in [0, 0.05) is 5.56 Å². The predicted molar refractivity (Wildman–Crippen MR) is 68.2 cm³/mol. The Kier molecular flexibility index (Phi) is 3.50. The average Bonchev–Trinajstić information content (AvgIpc) is 2.75. The van der Waals surface area contributed by atoms with Crippen LogP contribution in [0.5, 0.6) is 5.75 Å². The Morgan fingerprint density at radius 3 is 3.06 bits per heavy atom. The summed E-state index contributed by atoms with van der Waals surface area (Å²) in [6.45, 7) is 0. The van der Waals surface area contributed by atoms with E-state index in [1.165, 1.54) is 11.3 Å². The van der Waals surface area contributed by atoms with Gasteiger partial charge < -0.3 is 4.74 Å². The number of rotatable bonds is 3. The van der Waals surface area contributed by atoms with Crippen molar-refractivity contribution in [3.8, 4) is 5.75 Å². The van der Waals surface area contributed by atoms with E-state index in [0.717, 1.165) is 0 Å². The first-order valence-corrected chi connectivity index (χ1v) is 5.92. The van der Waals surface area contributed by atoms with Crippen LogP contribution in [0.1, 0.15) is 10.4 Å². The third kappa shape index (κ3) is 2.89. The highest BCUT2D eigenvalue weighted by Gasteiger charge is 2.08. The lowest BCUT2D eigenvalue weighted by atomic mass is 10.2. The molecule has 17 heavy (non-hydrogen) atoms. The van der Waals surface area contributed by atoms with Gasteiger partial charge in [0.25, 0.3) is 5.91 Å². The maximum Gasteiger partial charge on any atom is 0.257 e. The van der Waals surface area contributed by atoms with Crippen LogP contribution in [0.25, 0.3) is 0 Å². The molecule has 5 nitrogen and oxygen atoms in total. The van der Waals surface area contributed by atoms with E-state index in [4.69, 9.17) is 17.0 Å². The number of hydrogen-bond donors (Lipinski definition) is 2. The number of carbonyl (C=O) groups is 1. The molecule has 2 N–H and O–H groups in total. The van der Waals surface area contributed by atoms with E-state index in [9.17, 15) is 4.79 Å². The van der Waals surface area contributed by atoms with Crippen LogP contribution >= 0.6 is 23.6 Å². The molecule has 1 heterocycles. The van der Waals surface area contributed by atoms with E-state index in [1.54, 1.807) is 31.4 Å². The van der Waals surface area contributed by atoms with Gasteiger partial charge in [0.05, 0.1) is 7.11 Å². The molecule has 0 spiro atoms. The fourth-order valence-electron chi connectivity index (χ4n) is 1.22. The molecule has 2 aromatic rings. The van der Waals surface area contributed by atoms with E-state index in [2.05, 4.69) is 15.5 Å². The number of benzene rings is 1. The third-order valence-electron chi connectivity index (χ3n) is 1.99. The second-order valence-electron chi connectivity index (χ2n) is 3.10. The molecule has 0 saturated carbocycles. The Bertz CT molecular complexity index is 591. The number of amides is 1. The van der Waals surface area contributed by atoms with Gasteiger partial charge >= 0.3 is 0 Å². The molecule has 0 aliphatic carbocycles. The van der Waals surface area contributed by atoms with Crippen molar-refractivity contribution in [2.45, 2.75) is 0 Å². The summed E-state index contributed by atoms with van der Waals surface area (Å²) >= 11 is 6.08. The first-order chi connectivity index (χ1) is 8.19. The minimum atomic E-state index is -0.248. The van der Waals surface area contributed by atoms with Gasteiger partial charge in [-0.15, -0.1) is 5.10 Å². The van der Waals surface area contributed by atoms with E-state index < -0.39 is 0 Å². The van der Waals surface area contributed by atoms with Gasteiger partial charge in [-0.1, -0.05) is 17.4 Å². The second kappa shape index (κ2) is 5.07. The first-order valence-electron chi connectivity index (χ1n) is 4.70. The molecular formula is C10H9N3O2S2. The SMILES string of the molecule is COc1cccc(C(=O)Nc2n[nH]c(=S)s2)c1. The van der Waals surface area contributed by atoms with Crippen molar-refractivity contribution in [1.29, 1.82) is 0 Å². The molecular weight excluding hydrogens is 258 g/mol. The van der Waals surface area contributed by atoms with Crippen molar-refractivity contribution in [2.75, 3.05) is 12.4 Å². The van der Waals surface area contributed by atoms with Gasteiger partial charge in [-0.2, -0.15) is 0 Å². The van der Waals surface area contributed by atoms with E-state index >= 15 is 0 Å². The molecule has 0 saturated heterocycles. The molecule has 1 amide bonds. The standard InChI is InChI=1S/C10H9N3O2S2/c1-15-7-4-2-3-6(5-7)8(14)11-9-12-13-10(16)17-9/h2-5H,1H3,(H,13,16)(H,11,12,14). The number of aromatic amines is 1. The van der Waals surface area contributed by atoms with Crippen LogP contribution < -0.4 is 10.1 Å². The highest BCUT2D eigenvalue weighted by molar-refractivity contribution is 7.73. The van der Waals surface area contributed by atoms with Crippen molar-refractivity contribution in [2.24, 2.45) is 0 Å². The Balaban J connectivity index is 2.16. The zero-order chi connectivity index (χ0) is 12.3. The molecule has 0 aliphatic heterocycles. The molecule has 7 heteroatoms. The normalized spacial score (nSPS) is 9.94. The van der Waals surface area contributed by atoms with Gasteiger partial charge in [-0.05, 0) is 30.4 Å². The zero-order valence-corrected chi connectivity index (χ0v) is 10.5. The number of anilines is 1. The fraction of sp³-hybridized carbons (Fsp3) is 0.100. The van der Waals surface area contributed by atoms with Gasteiger partial charge in [0.1, 0.15) is 5.75 Å². The first kappa shape index (κ1) is 11.7. The van der Waals surface area contributed by atoms with E-state index in [1.807, 2.05) is 0 Å². The Morgan fingerprint density at radius 2 is 2.41 bits per heavy atom. The summed E-state index contributed by atoms with van der Waals surface area (Å²) in [5.41, 5.74) is 0.505. The topological polar surface area (TPSA) is 67.0 Å². The number of nitrogens with zero attached hydrogens (tertiary/aromatic N) is 1.